The van der Waals surface area contributed by atoms with Gasteiger partial charge in [-0.3, -0.25) is 9.36 Å². The van der Waals surface area contributed by atoms with Crippen molar-refractivity contribution in [2.75, 3.05) is 0 Å². The lowest BCUT2D eigenvalue weighted by atomic mass is 9.97. The Balaban J connectivity index is 1.90. The molecule has 0 radical (unpaired) electrons. The third kappa shape index (κ3) is 3.17. The number of nitrogens with zero attached hydrogens (tertiary/aromatic N) is 3. The molecule has 1 aliphatic rings. The summed E-state index contributed by atoms with van der Waals surface area (Å²) in [5, 5.41) is 10.4. The smallest absolute Gasteiger partial charge is 0.263 e. The summed E-state index contributed by atoms with van der Waals surface area (Å²) in [7, 11) is 0. The molecule has 0 saturated carbocycles. The van der Waals surface area contributed by atoms with E-state index in [-0.39, 0.29) is 10.8 Å². The number of thiophene rings is 1. The first kappa shape index (κ1) is 17.3. The van der Waals surface area contributed by atoms with E-state index in [1.807, 2.05) is 37.3 Å². The summed E-state index contributed by atoms with van der Waals surface area (Å²) < 4.78 is 1.75. The summed E-state index contributed by atoms with van der Waals surface area (Å²) in [5.74, 6) is 0. The molecule has 0 N–H and O–H groups in total. The van der Waals surface area contributed by atoms with Gasteiger partial charge in [0.2, 0.25) is 0 Å². The molecule has 4 nitrogen and oxygen atoms in total. The maximum atomic E-state index is 13.4. The van der Waals surface area contributed by atoms with E-state index in [2.05, 4.69) is 6.07 Å². The van der Waals surface area contributed by atoms with E-state index in [1.54, 1.807) is 15.9 Å². The third-order valence-electron chi connectivity index (χ3n) is 4.69. The van der Waals surface area contributed by atoms with Crippen molar-refractivity contribution < 1.29 is 0 Å². The lowest BCUT2D eigenvalue weighted by Crippen LogP contribution is -2.24. The zero-order chi connectivity index (χ0) is 18.1. The van der Waals surface area contributed by atoms with Crippen LogP contribution in [0.2, 0.25) is 0 Å². The van der Waals surface area contributed by atoms with Crippen LogP contribution in [-0.2, 0) is 19.4 Å². The van der Waals surface area contributed by atoms with Gasteiger partial charge in [0.25, 0.3) is 5.56 Å². The number of rotatable bonds is 4. The highest BCUT2D eigenvalue weighted by Crippen LogP contribution is 2.35. The molecular weight excluding hydrogens is 362 g/mol. The van der Waals surface area contributed by atoms with E-state index in [4.69, 9.17) is 4.98 Å². The van der Waals surface area contributed by atoms with Gasteiger partial charge in [0, 0.05) is 4.88 Å². The first-order valence-corrected chi connectivity index (χ1v) is 10.5. The van der Waals surface area contributed by atoms with E-state index in [9.17, 15) is 10.1 Å². The van der Waals surface area contributed by atoms with Crippen LogP contribution < -0.4 is 5.56 Å². The molecule has 0 aliphatic heterocycles. The van der Waals surface area contributed by atoms with Crippen LogP contribution in [0.5, 0.6) is 0 Å². The Labute approximate surface area is 160 Å². The SMILES string of the molecule is C[C@H](C#N)Sc1nc2sc3c(c2c(=O)n1Cc1ccccc1)CCCC3. The van der Waals surface area contributed by atoms with Gasteiger partial charge in [-0.1, -0.05) is 42.1 Å². The first-order valence-electron chi connectivity index (χ1n) is 8.82. The Hall–Kier alpha value is -2.10. The molecular formula is C20H19N3OS2. The van der Waals surface area contributed by atoms with Gasteiger partial charge in [-0.05, 0) is 43.7 Å². The van der Waals surface area contributed by atoms with Crippen LogP contribution in [0.15, 0.2) is 40.3 Å². The van der Waals surface area contributed by atoms with Crippen molar-refractivity contribution in [2.24, 2.45) is 0 Å². The van der Waals surface area contributed by atoms with Gasteiger partial charge in [-0.15, -0.1) is 11.3 Å². The highest BCUT2D eigenvalue weighted by molar-refractivity contribution is 8.00. The minimum absolute atomic E-state index is 0.0332. The lowest BCUT2D eigenvalue weighted by Gasteiger charge is -2.14. The maximum Gasteiger partial charge on any atom is 0.263 e. The quantitative estimate of drug-likeness (QED) is 0.497. The maximum absolute atomic E-state index is 13.4. The van der Waals surface area contributed by atoms with Crippen molar-refractivity contribution in [3.05, 3.63) is 56.7 Å². The van der Waals surface area contributed by atoms with Crippen molar-refractivity contribution in [3.63, 3.8) is 0 Å². The fraction of sp³-hybridized carbons (Fsp3) is 0.350. The number of aromatic nitrogens is 2. The average Bonchev–Trinajstić information content (AvgIpc) is 3.04. The number of nitriles is 1. The molecule has 0 unspecified atom stereocenters. The normalized spacial score (nSPS) is 14.8. The van der Waals surface area contributed by atoms with Gasteiger partial charge in [-0.25, -0.2) is 4.98 Å². The molecule has 2 aromatic heterocycles. The Morgan fingerprint density at radius 1 is 1.31 bits per heavy atom. The minimum Gasteiger partial charge on any atom is -0.282 e. The summed E-state index contributed by atoms with van der Waals surface area (Å²) in [4.78, 5) is 20.4. The Morgan fingerprint density at radius 2 is 2.08 bits per heavy atom. The van der Waals surface area contributed by atoms with Gasteiger partial charge in [-0.2, -0.15) is 5.26 Å². The number of thioether (sulfide) groups is 1. The summed E-state index contributed by atoms with van der Waals surface area (Å²) in [6.45, 7) is 2.32. The van der Waals surface area contributed by atoms with Crippen LogP contribution in [0.25, 0.3) is 10.2 Å². The zero-order valence-corrected chi connectivity index (χ0v) is 16.2. The summed E-state index contributed by atoms with van der Waals surface area (Å²) in [6, 6.07) is 12.2. The van der Waals surface area contributed by atoms with E-state index < -0.39 is 0 Å². The molecule has 6 heteroatoms. The number of hydrogen-bond acceptors (Lipinski definition) is 5. The molecule has 2 heterocycles. The van der Waals surface area contributed by atoms with Crippen molar-refractivity contribution in [1.82, 2.24) is 9.55 Å². The fourth-order valence-corrected chi connectivity index (χ4v) is 5.50. The Kier molecular flexibility index (Phi) is 4.84. The molecule has 0 spiro atoms. The van der Waals surface area contributed by atoms with Gasteiger partial charge < -0.3 is 0 Å². The molecule has 1 atom stereocenters. The van der Waals surface area contributed by atoms with Crippen LogP contribution in [0.4, 0.5) is 0 Å². The van der Waals surface area contributed by atoms with Gasteiger partial charge in [0.05, 0.1) is 23.3 Å². The van der Waals surface area contributed by atoms with Crippen molar-refractivity contribution in [1.29, 1.82) is 5.26 Å². The number of aryl methyl sites for hydroxylation is 2. The van der Waals surface area contributed by atoms with Gasteiger partial charge in [0.1, 0.15) is 4.83 Å². The Bertz CT molecular complexity index is 1050. The summed E-state index contributed by atoms with van der Waals surface area (Å²) in [6.07, 6.45) is 4.34. The van der Waals surface area contributed by atoms with Crippen molar-refractivity contribution >= 4 is 33.3 Å². The second kappa shape index (κ2) is 7.26. The standard InChI is InChI=1S/C20H19N3OS2/c1-13(11-21)25-20-22-18-17(15-9-5-6-10-16(15)26-18)19(24)23(20)12-14-7-3-2-4-8-14/h2-4,7-8,13H,5-6,9-10,12H2,1H3/t13-/m1/s1. The van der Waals surface area contributed by atoms with Crippen LogP contribution in [0.3, 0.4) is 0 Å². The molecule has 3 aromatic rings. The first-order chi connectivity index (χ1) is 12.7. The number of benzene rings is 1. The van der Waals surface area contributed by atoms with Gasteiger partial charge >= 0.3 is 0 Å². The summed E-state index contributed by atoms with van der Waals surface area (Å²) in [5.41, 5.74) is 2.30. The second-order valence-corrected chi connectivity index (χ2v) is 8.94. The highest BCUT2D eigenvalue weighted by Gasteiger charge is 2.23. The third-order valence-corrected chi connectivity index (χ3v) is 6.85. The van der Waals surface area contributed by atoms with Gasteiger partial charge in [0.15, 0.2) is 5.16 Å². The zero-order valence-electron chi connectivity index (χ0n) is 14.6. The minimum atomic E-state index is -0.254. The van der Waals surface area contributed by atoms with Crippen molar-refractivity contribution in [2.45, 2.75) is 49.6 Å². The lowest BCUT2D eigenvalue weighted by molar-refractivity contribution is 0.655. The highest BCUT2D eigenvalue weighted by atomic mass is 32.2. The molecule has 132 valence electrons. The van der Waals surface area contributed by atoms with E-state index >= 15 is 0 Å². The predicted molar refractivity (Wildman–Crippen MR) is 107 cm³/mol. The molecule has 4 rings (SSSR count). The predicted octanol–water partition coefficient (Wildman–Crippen LogP) is 4.39. The number of fused-ring (bicyclic) bond motifs is 3. The Morgan fingerprint density at radius 3 is 2.85 bits per heavy atom. The van der Waals surface area contributed by atoms with E-state index in [0.717, 1.165) is 35.0 Å². The molecule has 0 saturated heterocycles. The van der Waals surface area contributed by atoms with Crippen LogP contribution in [0, 0.1) is 11.3 Å². The molecule has 0 amide bonds. The van der Waals surface area contributed by atoms with E-state index in [0.29, 0.717) is 11.7 Å². The molecule has 0 bridgehead atoms. The second-order valence-electron chi connectivity index (χ2n) is 6.55. The summed E-state index contributed by atoms with van der Waals surface area (Å²) >= 11 is 3.02. The van der Waals surface area contributed by atoms with Crippen LogP contribution in [0.1, 0.15) is 35.8 Å². The van der Waals surface area contributed by atoms with Crippen LogP contribution in [-0.4, -0.2) is 14.8 Å². The topological polar surface area (TPSA) is 58.7 Å². The molecule has 1 aromatic carbocycles. The number of hydrogen-bond donors (Lipinski definition) is 0. The largest absolute Gasteiger partial charge is 0.282 e. The molecule has 1 aliphatic carbocycles. The van der Waals surface area contributed by atoms with E-state index in [1.165, 1.54) is 28.6 Å². The van der Waals surface area contributed by atoms with Crippen LogP contribution >= 0.6 is 23.1 Å². The fourth-order valence-electron chi connectivity index (χ4n) is 3.40. The average molecular weight is 382 g/mol. The monoisotopic (exact) mass is 381 g/mol. The van der Waals surface area contributed by atoms with Crippen molar-refractivity contribution in [3.8, 4) is 6.07 Å². The molecule has 0 fully saturated rings. The molecule has 26 heavy (non-hydrogen) atoms.